The lowest BCUT2D eigenvalue weighted by atomic mass is 10.3. The Balaban J connectivity index is 2.14. The zero-order chi connectivity index (χ0) is 23.5. The first-order chi connectivity index (χ1) is 15.2. The molecule has 0 spiro atoms. The van der Waals surface area contributed by atoms with Gasteiger partial charge in [-0.2, -0.15) is 5.10 Å². The van der Waals surface area contributed by atoms with E-state index in [2.05, 4.69) is 10.1 Å². The molecule has 0 N–H and O–H groups in total. The van der Waals surface area contributed by atoms with E-state index in [0.29, 0.717) is 30.2 Å². The van der Waals surface area contributed by atoms with Crippen LogP contribution >= 0.6 is 11.6 Å². The van der Waals surface area contributed by atoms with Gasteiger partial charge in [-0.15, -0.1) is 0 Å². The van der Waals surface area contributed by atoms with Gasteiger partial charge in [-0.3, -0.25) is 4.57 Å². The molecule has 0 aliphatic heterocycles. The molecular formula is C20H25ClN4O6S. The summed E-state index contributed by atoms with van der Waals surface area (Å²) in [5.74, 6) is -0.186. The van der Waals surface area contributed by atoms with Crippen LogP contribution in [0.5, 0.6) is 0 Å². The summed E-state index contributed by atoms with van der Waals surface area (Å²) in [4.78, 5) is 16.6. The van der Waals surface area contributed by atoms with Gasteiger partial charge in [-0.25, -0.2) is 22.9 Å². The van der Waals surface area contributed by atoms with Crippen molar-refractivity contribution in [2.24, 2.45) is 0 Å². The van der Waals surface area contributed by atoms with Crippen molar-refractivity contribution >= 4 is 38.4 Å². The smallest absolute Gasteiger partial charge is 0.341 e. The molecule has 0 saturated carbocycles. The third-order valence-electron chi connectivity index (χ3n) is 4.66. The van der Waals surface area contributed by atoms with Crippen LogP contribution in [-0.2, 0) is 30.8 Å². The number of fused-ring (bicyclic) bond motifs is 1. The van der Waals surface area contributed by atoms with Crippen molar-refractivity contribution in [3.63, 3.8) is 0 Å². The maximum Gasteiger partial charge on any atom is 0.341 e. The summed E-state index contributed by atoms with van der Waals surface area (Å²) in [6, 6.07) is 2.98. The van der Waals surface area contributed by atoms with Crippen molar-refractivity contribution in [1.82, 2.24) is 19.3 Å². The molecule has 0 atom stereocenters. The Kier molecular flexibility index (Phi) is 7.55. The number of aromatic nitrogens is 4. The van der Waals surface area contributed by atoms with Crippen LogP contribution in [0.3, 0.4) is 0 Å². The third-order valence-corrected chi connectivity index (χ3v) is 7.28. The highest BCUT2D eigenvalue weighted by atomic mass is 35.5. The fourth-order valence-electron chi connectivity index (χ4n) is 2.94. The van der Waals surface area contributed by atoms with Crippen LogP contribution in [0.4, 0.5) is 0 Å². The second-order valence-electron chi connectivity index (χ2n) is 7.13. The number of hydrogen-bond donors (Lipinski definition) is 0. The standard InChI is InChI=1S/C20H25ClN4O6S/c1-5-31-19(26)14-10-22-25(11-14)20-23-16-8-15(21)18(32(27,28)13(2)3)9-17(16)24(20)12-30-7-6-29-4/h8-11,13H,5-7,12H2,1-4H3. The summed E-state index contributed by atoms with van der Waals surface area (Å²) in [6.45, 7) is 5.88. The van der Waals surface area contributed by atoms with Crippen molar-refractivity contribution in [2.45, 2.75) is 37.6 Å². The molecule has 0 amide bonds. The van der Waals surface area contributed by atoms with Gasteiger partial charge in [0.25, 0.3) is 0 Å². The number of methoxy groups -OCH3 is 1. The van der Waals surface area contributed by atoms with E-state index in [4.69, 9.17) is 25.8 Å². The van der Waals surface area contributed by atoms with Gasteiger partial charge >= 0.3 is 5.97 Å². The molecule has 0 saturated heterocycles. The summed E-state index contributed by atoms with van der Waals surface area (Å²) < 4.78 is 44.3. The SMILES string of the molecule is CCOC(=O)c1cnn(-c2nc3cc(Cl)c(S(=O)(=O)C(C)C)cc3n2COCCOC)c1. The average Bonchev–Trinajstić information content (AvgIpc) is 3.35. The number of nitrogens with zero attached hydrogens (tertiary/aromatic N) is 4. The van der Waals surface area contributed by atoms with Crippen molar-refractivity contribution in [3.8, 4) is 5.95 Å². The van der Waals surface area contributed by atoms with E-state index in [1.165, 1.54) is 29.2 Å². The average molecular weight is 485 g/mol. The number of imidazole rings is 1. The number of rotatable bonds is 10. The third kappa shape index (κ3) is 4.80. The van der Waals surface area contributed by atoms with Crippen LogP contribution in [-0.4, -0.2) is 65.9 Å². The molecule has 174 valence electrons. The molecule has 1 aromatic carbocycles. The molecule has 0 radical (unpaired) electrons. The number of ether oxygens (including phenoxy) is 3. The lowest BCUT2D eigenvalue weighted by Gasteiger charge is -2.12. The first kappa shape index (κ1) is 24.2. The molecule has 32 heavy (non-hydrogen) atoms. The molecule has 12 heteroatoms. The lowest BCUT2D eigenvalue weighted by molar-refractivity contribution is 0.0356. The molecule has 3 rings (SSSR count). The second-order valence-corrected chi connectivity index (χ2v) is 10.0. The van der Waals surface area contributed by atoms with Gasteiger partial charge in [-0.1, -0.05) is 11.6 Å². The van der Waals surface area contributed by atoms with E-state index in [1.54, 1.807) is 32.4 Å². The van der Waals surface area contributed by atoms with Crippen LogP contribution in [0.25, 0.3) is 17.0 Å². The summed E-state index contributed by atoms with van der Waals surface area (Å²) in [5.41, 5.74) is 1.21. The Morgan fingerprint density at radius 2 is 2.00 bits per heavy atom. The predicted octanol–water partition coefficient (Wildman–Crippen LogP) is 2.85. The molecule has 3 aromatic rings. The Hall–Kier alpha value is -2.47. The van der Waals surface area contributed by atoms with Gasteiger partial charge in [0.05, 0.1) is 57.8 Å². The van der Waals surface area contributed by atoms with Gasteiger partial charge < -0.3 is 14.2 Å². The molecular weight excluding hydrogens is 460 g/mol. The van der Waals surface area contributed by atoms with Gasteiger partial charge in [-0.05, 0) is 32.9 Å². The number of esters is 1. The van der Waals surface area contributed by atoms with Crippen LogP contribution in [0, 0.1) is 0 Å². The summed E-state index contributed by atoms with van der Waals surface area (Å²) in [7, 11) is -2.07. The van der Waals surface area contributed by atoms with E-state index in [-0.39, 0.29) is 28.8 Å². The van der Waals surface area contributed by atoms with Crippen LogP contribution in [0.15, 0.2) is 29.4 Å². The number of carbonyl (C=O) groups excluding carboxylic acids is 1. The van der Waals surface area contributed by atoms with E-state index in [9.17, 15) is 13.2 Å². The highest BCUT2D eigenvalue weighted by Gasteiger charge is 2.25. The summed E-state index contributed by atoms with van der Waals surface area (Å²) >= 11 is 6.31. The number of hydrogen-bond acceptors (Lipinski definition) is 8. The fourth-order valence-corrected chi connectivity index (χ4v) is 4.53. The number of halogens is 1. The van der Waals surface area contributed by atoms with Crippen molar-refractivity contribution in [1.29, 1.82) is 0 Å². The number of carbonyl (C=O) groups is 1. The minimum absolute atomic E-state index is 0.0129. The van der Waals surface area contributed by atoms with E-state index in [0.717, 1.165) is 0 Å². The molecule has 0 fully saturated rings. The van der Waals surface area contributed by atoms with E-state index < -0.39 is 21.1 Å². The maximum absolute atomic E-state index is 12.8. The molecule has 10 nitrogen and oxygen atoms in total. The van der Waals surface area contributed by atoms with E-state index in [1.807, 2.05) is 0 Å². The fraction of sp³-hybridized carbons (Fsp3) is 0.450. The van der Waals surface area contributed by atoms with Gasteiger partial charge in [0.15, 0.2) is 9.84 Å². The topological polar surface area (TPSA) is 115 Å². The summed E-state index contributed by atoms with van der Waals surface area (Å²) in [5, 5.41) is 3.64. The van der Waals surface area contributed by atoms with Gasteiger partial charge in [0.1, 0.15) is 6.73 Å². The van der Waals surface area contributed by atoms with Crippen molar-refractivity contribution in [2.75, 3.05) is 26.9 Å². The maximum atomic E-state index is 12.8. The number of benzene rings is 1. The quantitative estimate of drug-likeness (QED) is 0.318. The minimum atomic E-state index is -3.63. The largest absolute Gasteiger partial charge is 0.462 e. The number of sulfone groups is 1. The zero-order valence-electron chi connectivity index (χ0n) is 18.2. The van der Waals surface area contributed by atoms with Crippen LogP contribution in [0.2, 0.25) is 5.02 Å². The highest BCUT2D eigenvalue weighted by Crippen LogP contribution is 2.31. The molecule has 0 aliphatic carbocycles. The second kappa shape index (κ2) is 9.99. The molecule has 2 heterocycles. The predicted molar refractivity (Wildman–Crippen MR) is 118 cm³/mol. The Labute approximate surface area is 190 Å². The van der Waals surface area contributed by atoms with Crippen molar-refractivity contribution in [3.05, 3.63) is 35.1 Å². The Morgan fingerprint density at radius 3 is 2.66 bits per heavy atom. The Bertz CT molecular complexity index is 1220. The van der Waals surface area contributed by atoms with E-state index >= 15 is 0 Å². The normalized spacial score (nSPS) is 12.1. The van der Waals surface area contributed by atoms with Crippen molar-refractivity contribution < 1.29 is 27.4 Å². The first-order valence-corrected chi connectivity index (χ1v) is 11.9. The highest BCUT2D eigenvalue weighted by molar-refractivity contribution is 7.92. The van der Waals surface area contributed by atoms with Gasteiger partial charge in [0, 0.05) is 13.3 Å². The first-order valence-electron chi connectivity index (χ1n) is 9.93. The van der Waals surface area contributed by atoms with Crippen LogP contribution < -0.4 is 0 Å². The molecule has 0 bridgehead atoms. The minimum Gasteiger partial charge on any atom is -0.462 e. The molecule has 0 aliphatic rings. The summed E-state index contributed by atoms with van der Waals surface area (Å²) in [6.07, 6.45) is 2.85. The molecule has 0 unspecified atom stereocenters. The lowest BCUT2D eigenvalue weighted by Crippen LogP contribution is -2.15. The van der Waals surface area contributed by atoms with Gasteiger partial charge in [0.2, 0.25) is 5.95 Å². The monoisotopic (exact) mass is 484 g/mol. The Morgan fingerprint density at radius 1 is 1.25 bits per heavy atom. The van der Waals surface area contributed by atoms with Crippen LogP contribution in [0.1, 0.15) is 31.1 Å². The zero-order valence-corrected chi connectivity index (χ0v) is 19.8. The molecule has 2 aromatic heterocycles.